The van der Waals surface area contributed by atoms with Crippen LogP contribution in [0.15, 0.2) is 67.3 Å². The molecule has 156 valence electrons. The molecular weight excluding hydrogens is 378 g/mol. The molecule has 0 saturated heterocycles. The van der Waals surface area contributed by atoms with Crippen LogP contribution in [0.3, 0.4) is 0 Å². The van der Waals surface area contributed by atoms with Gasteiger partial charge >= 0.3 is 11.9 Å². The first-order valence-corrected chi connectivity index (χ1v) is 9.91. The number of rotatable bonds is 8. The molecule has 5 nitrogen and oxygen atoms in total. The molecule has 1 heterocycles. The van der Waals surface area contributed by atoms with Crippen LogP contribution >= 0.6 is 0 Å². The molecule has 3 aromatic rings. The van der Waals surface area contributed by atoms with Gasteiger partial charge in [0.05, 0.1) is 14.2 Å². The molecule has 0 saturated carbocycles. The van der Waals surface area contributed by atoms with Crippen molar-refractivity contribution in [3.8, 4) is 0 Å². The van der Waals surface area contributed by atoms with Crippen LogP contribution in [0.4, 0.5) is 0 Å². The fourth-order valence-electron chi connectivity index (χ4n) is 4.06. The van der Waals surface area contributed by atoms with E-state index in [1.165, 1.54) is 19.8 Å². The summed E-state index contributed by atoms with van der Waals surface area (Å²) in [5, 5.41) is 1.14. The average Bonchev–Trinajstić information content (AvgIpc) is 3.06. The number of carbonyl (C=O) groups excluding carboxylic acids is 2. The van der Waals surface area contributed by atoms with Gasteiger partial charge in [-0.15, -0.1) is 6.58 Å². The predicted octanol–water partition coefficient (Wildman–Crippen LogP) is 4.62. The lowest BCUT2D eigenvalue weighted by atomic mass is 9.90. The second-order valence-electron chi connectivity index (χ2n) is 7.28. The van der Waals surface area contributed by atoms with Gasteiger partial charge in [0.2, 0.25) is 0 Å². The Morgan fingerprint density at radius 3 is 2.20 bits per heavy atom. The summed E-state index contributed by atoms with van der Waals surface area (Å²) in [6.07, 6.45) is 2.02. The number of benzene rings is 2. The van der Waals surface area contributed by atoms with Crippen LogP contribution in [0, 0.1) is 12.8 Å². The number of hydrogen-bond donors (Lipinski definition) is 0. The van der Waals surface area contributed by atoms with Crippen molar-refractivity contribution in [1.29, 1.82) is 0 Å². The van der Waals surface area contributed by atoms with Gasteiger partial charge in [-0.05, 0) is 30.5 Å². The summed E-state index contributed by atoms with van der Waals surface area (Å²) in [6, 6.07) is 18.4. The lowest BCUT2D eigenvalue weighted by Gasteiger charge is -2.21. The van der Waals surface area contributed by atoms with E-state index in [9.17, 15) is 9.59 Å². The minimum atomic E-state index is -1.01. The fraction of sp³-hybridized carbons (Fsp3) is 0.280. The van der Waals surface area contributed by atoms with Crippen molar-refractivity contribution >= 4 is 22.8 Å². The molecule has 3 rings (SSSR count). The molecule has 0 aliphatic carbocycles. The molecule has 1 unspecified atom stereocenters. The Kier molecular flexibility index (Phi) is 6.72. The van der Waals surface area contributed by atoms with Gasteiger partial charge in [0.15, 0.2) is 5.92 Å². The molecule has 0 fully saturated rings. The smallest absolute Gasteiger partial charge is 0.320 e. The molecule has 1 aromatic heterocycles. The van der Waals surface area contributed by atoms with Crippen LogP contribution in [0.5, 0.6) is 0 Å². The molecule has 0 amide bonds. The SMILES string of the molecule is C=CC(CC(C(=O)OC)C(=O)OC)c1c(C)c2ccccc2n1Cc1ccccc1. The van der Waals surface area contributed by atoms with Crippen molar-refractivity contribution < 1.29 is 19.1 Å². The highest BCUT2D eigenvalue weighted by Crippen LogP contribution is 2.35. The summed E-state index contributed by atoms with van der Waals surface area (Å²) in [4.78, 5) is 24.5. The lowest BCUT2D eigenvalue weighted by molar-refractivity contribution is -0.159. The van der Waals surface area contributed by atoms with E-state index in [0.29, 0.717) is 6.54 Å². The Labute approximate surface area is 176 Å². The van der Waals surface area contributed by atoms with Crippen LogP contribution < -0.4 is 0 Å². The number of aromatic nitrogens is 1. The quantitative estimate of drug-likeness (QED) is 0.312. The third kappa shape index (κ3) is 4.15. The highest BCUT2D eigenvalue weighted by atomic mass is 16.5. The van der Waals surface area contributed by atoms with E-state index in [4.69, 9.17) is 9.47 Å². The second kappa shape index (κ2) is 9.44. The lowest BCUT2D eigenvalue weighted by Crippen LogP contribution is -2.28. The Morgan fingerprint density at radius 2 is 1.60 bits per heavy atom. The van der Waals surface area contributed by atoms with E-state index in [0.717, 1.165) is 22.2 Å². The van der Waals surface area contributed by atoms with Crippen molar-refractivity contribution in [2.45, 2.75) is 25.8 Å². The predicted molar refractivity (Wildman–Crippen MR) is 117 cm³/mol. The first-order chi connectivity index (χ1) is 14.5. The Hall–Kier alpha value is -3.34. The van der Waals surface area contributed by atoms with Gasteiger partial charge in [0.25, 0.3) is 0 Å². The Bertz CT molecular complexity index is 1040. The maximum Gasteiger partial charge on any atom is 0.320 e. The van der Waals surface area contributed by atoms with Crippen molar-refractivity contribution in [3.63, 3.8) is 0 Å². The minimum Gasteiger partial charge on any atom is -0.468 e. The maximum absolute atomic E-state index is 12.3. The van der Waals surface area contributed by atoms with Gasteiger partial charge in [-0.3, -0.25) is 9.59 Å². The monoisotopic (exact) mass is 405 g/mol. The van der Waals surface area contributed by atoms with Crippen LogP contribution in [0.2, 0.25) is 0 Å². The molecule has 30 heavy (non-hydrogen) atoms. The summed E-state index contributed by atoms with van der Waals surface area (Å²) >= 11 is 0. The summed E-state index contributed by atoms with van der Waals surface area (Å²) in [5.41, 5.74) is 4.42. The molecule has 0 aliphatic heterocycles. The summed E-state index contributed by atoms with van der Waals surface area (Å²) in [6.45, 7) is 6.75. The van der Waals surface area contributed by atoms with E-state index in [-0.39, 0.29) is 12.3 Å². The molecule has 0 N–H and O–H groups in total. The summed E-state index contributed by atoms with van der Waals surface area (Å²) < 4.78 is 11.9. The largest absolute Gasteiger partial charge is 0.468 e. The minimum absolute atomic E-state index is 0.231. The number of nitrogens with zero attached hydrogens (tertiary/aromatic N) is 1. The summed E-state index contributed by atoms with van der Waals surface area (Å²) in [5.74, 6) is -2.44. The van der Waals surface area contributed by atoms with Crippen LogP contribution in [0.25, 0.3) is 10.9 Å². The molecule has 0 radical (unpaired) electrons. The third-order valence-corrected chi connectivity index (χ3v) is 5.55. The summed E-state index contributed by atoms with van der Waals surface area (Å²) in [7, 11) is 2.55. The molecule has 1 atom stereocenters. The van der Waals surface area contributed by atoms with Crippen molar-refractivity contribution in [1.82, 2.24) is 4.57 Å². The third-order valence-electron chi connectivity index (χ3n) is 5.55. The highest BCUT2D eigenvalue weighted by molar-refractivity contribution is 5.95. The first kappa shape index (κ1) is 21.4. The number of esters is 2. The number of ether oxygens (including phenoxy) is 2. The molecule has 2 aromatic carbocycles. The number of fused-ring (bicyclic) bond motifs is 1. The molecule has 5 heteroatoms. The zero-order chi connectivity index (χ0) is 21.7. The van der Waals surface area contributed by atoms with Gasteiger partial charge in [0.1, 0.15) is 0 Å². The van der Waals surface area contributed by atoms with Gasteiger partial charge in [-0.1, -0.05) is 54.6 Å². The van der Waals surface area contributed by atoms with Gasteiger partial charge in [-0.25, -0.2) is 0 Å². The van der Waals surface area contributed by atoms with Gasteiger partial charge < -0.3 is 14.0 Å². The normalized spacial score (nSPS) is 12.0. The topological polar surface area (TPSA) is 57.5 Å². The zero-order valence-electron chi connectivity index (χ0n) is 17.6. The number of allylic oxidation sites excluding steroid dienone is 1. The van der Waals surface area contributed by atoms with Crippen LogP contribution in [-0.2, 0) is 25.6 Å². The van der Waals surface area contributed by atoms with E-state index < -0.39 is 17.9 Å². The highest BCUT2D eigenvalue weighted by Gasteiger charge is 2.33. The van der Waals surface area contributed by atoms with E-state index in [1.807, 2.05) is 30.3 Å². The maximum atomic E-state index is 12.3. The van der Waals surface area contributed by atoms with Crippen molar-refractivity contribution in [3.05, 3.63) is 84.1 Å². The molecule has 0 aliphatic rings. The average molecular weight is 405 g/mol. The number of hydrogen-bond acceptors (Lipinski definition) is 4. The van der Waals surface area contributed by atoms with Crippen molar-refractivity contribution in [2.75, 3.05) is 14.2 Å². The van der Waals surface area contributed by atoms with Gasteiger partial charge in [-0.2, -0.15) is 0 Å². The zero-order valence-corrected chi connectivity index (χ0v) is 17.6. The number of aryl methyl sites for hydroxylation is 1. The van der Waals surface area contributed by atoms with E-state index in [1.54, 1.807) is 6.08 Å². The first-order valence-electron chi connectivity index (χ1n) is 9.91. The second-order valence-corrected chi connectivity index (χ2v) is 7.28. The molecule has 0 bridgehead atoms. The Balaban J connectivity index is 2.11. The number of para-hydroxylation sites is 1. The molecule has 0 spiro atoms. The van der Waals surface area contributed by atoms with E-state index in [2.05, 4.69) is 42.3 Å². The number of carbonyl (C=O) groups is 2. The number of methoxy groups -OCH3 is 2. The van der Waals surface area contributed by atoms with Crippen molar-refractivity contribution in [2.24, 2.45) is 5.92 Å². The van der Waals surface area contributed by atoms with E-state index >= 15 is 0 Å². The Morgan fingerprint density at radius 1 is 1.00 bits per heavy atom. The van der Waals surface area contributed by atoms with Crippen LogP contribution in [-0.4, -0.2) is 30.7 Å². The standard InChI is InChI=1S/C25H27NO4/c1-5-19(15-21(24(27)29-3)25(28)30-4)23-17(2)20-13-9-10-14-22(20)26(23)16-18-11-7-6-8-12-18/h5-14,19,21H,1,15-16H2,2-4H3. The van der Waals surface area contributed by atoms with Gasteiger partial charge in [0, 0.05) is 29.1 Å². The fourth-order valence-corrected chi connectivity index (χ4v) is 4.06. The van der Waals surface area contributed by atoms with Crippen LogP contribution in [0.1, 0.15) is 29.2 Å². The molecular formula is C25H27NO4.